The molecule has 2 nitrogen and oxygen atoms in total. The molecule has 0 heterocycles. The molecule has 1 aliphatic carbocycles. The van der Waals surface area contributed by atoms with E-state index >= 15 is 0 Å². The lowest BCUT2D eigenvalue weighted by Gasteiger charge is -2.32. The summed E-state index contributed by atoms with van der Waals surface area (Å²) in [5.74, 6) is 3.29. The zero-order valence-corrected chi connectivity index (χ0v) is 14.1. The summed E-state index contributed by atoms with van der Waals surface area (Å²) in [6.45, 7) is 9.85. The minimum absolute atomic E-state index is 0.555. The first-order chi connectivity index (χ1) is 10.1. The van der Waals surface area contributed by atoms with Crippen molar-refractivity contribution in [2.45, 2.75) is 59.4 Å². The Morgan fingerprint density at radius 3 is 2.33 bits per heavy atom. The predicted molar refractivity (Wildman–Crippen MR) is 91.0 cm³/mol. The van der Waals surface area contributed by atoms with Gasteiger partial charge in [-0.2, -0.15) is 0 Å². The average Bonchev–Trinajstić information content (AvgIpc) is 2.47. The molecule has 21 heavy (non-hydrogen) atoms. The molecule has 0 aliphatic heterocycles. The third-order valence-electron chi connectivity index (χ3n) is 4.53. The van der Waals surface area contributed by atoms with E-state index in [0.29, 0.717) is 12.0 Å². The lowest BCUT2D eigenvalue weighted by molar-refractivity contribution is 0.263. The van der Waals surface area contributed by atoms with Crippen LogP contribution < -0.4 is 10.1 Å². The first-order valence-corrected chi connectivity index (χ1v) is 8.54. The first-order valence-electron chi connectivity index (χ1n) is 8.54. The van der Waals surface area contributed by atoms with Gasteiger partial charge in [0.15, 0.2) is 0 Å². The molecule has 1 N–H and O–H groups in total. The number of anilines is 1. The molecule has 0 spiro atoms. The van der Waals surface area contributed by atoms with Crippen LogP contribution in [0.5, 0.6) is 5.75 Å². The third-order valence-corrected chi connectivity index (χ3v) is 4.53. The summed E-state index contributed by atoms with van der Waals surface area (Å²) < 4.78 is 5.94. The SMILES string of the molecule is CC(C)COc1ccccc1NC1CCC(C(C)C)CC1. The van der Waals surface area contributed by atoms with E-state index in [0.717, 1.165) is 29.9 Å². The van der Waals surface area contributed by atoms with E-state index in [1.165, 1.54) is 25.7 Å². The van der Waals surface area contributed by atoms with Crippen LogP contribution in [-0.2, 0) is 0 Å². The summed E-state index contributed by atoms with van der Waals surface area (Å²) in [6, 6.07) is 8.96. The van der Waals surface area contributed by atoms with Gasteiger partial charge < -0.3 is 10.1 Å². The average molecular weight is 289 g/mol. The zero-order valence-electron chi connectivity index (χ0n) is 14.1. The lowest BCUT2D eigenvalue weighted by Crippen LogP contribution is -2.28. The molecule has 118 valence electrons. The minimum Gasteiger partial charge on any atom is -0.491 e. The van der Waals surface area contributed by atoms with Gasteiger partial charge in [0.25, 0.3) is 0 Å². The number of benzene rings is 1. The van der Waals surface area contributed by atoms with Crippen molar-refractivity contribution in [1.82, 2.24) is 0 Å². The van der Waals surface area contributed by atoms with Crippen molar-refractivity contribution in [3.05, 3.63) is 24.3 Å². The van der Waals surface area contributed by atoms with E-state index in [9.17, 15) is 0 Å². The Balaban J connectivity index is 1.91. The first kappa shape index (κ1) is 16.2. The van der Waals surface area contributed by atoms with Gasteiger partial charge in [0.05, 0.1) is 12.3 Å². The molecular formula is C19H31NO. The summed E-state index contributed by atoms with van der Waals surface area (Å²) in [6.07, 6.45) is 5.26. The van der Waals surface area contributed by atoms with Gasteiger partial charge in [-0.1, -0.05) is 39.8 Å². The van der Waals surface area contributed by atoms with E-state index in [1.807, 2.05) is 0 Å². The molecule has 1 aromatic carbocycles. The number of ether oxygens (including phenoxy) is 1. The highest BCUT2D eigenvalue weighted by Crippen LogP contribution is 2.33. The molecule has 0 unspecified atom stereocenters. The number of nitrogens with one attached hydrogen (secondary N) is 1. The molecule has 1 fully saturated rings. The normalized spacial score (nSPS) is 22.6. The molecular weight excluding hydrogens is 258 g/mol. The summed E-state index contributed by atoms with van der Waals surface area (Å²) >= 11 is 0. The van der Waals surface area contributed by atoms with Crippen molar-refractivity contribution in [3.8, 4) is 5.75 Å². The Labute approximate surface area is 130 Å². The molecule has 0 bridgehead atoms. The highest BCUT2D eigenvalue weighted by Gasteiger charge is 2.23. The number of hydrogen-bond donors (Lipinski definition) is 1. The molecule has 1 saturated carbocycles. The number of para-hydroxylation sites is 2. The monoisotopic (exact) mass is 289 g/mol. The van der Waals surface area contributed by atoms with E-state index < -0.39 is 0 Å². The third kappa shape index (κ3) is 4.94. The fraction of sp³-hybridized carbons (Fsp3) is 0.684. The maximum absolute atomic E-state index is 5.94. The van der Waals surface area contributed by atoms with Crippen molar-refractivity contribution in [1.29, 1.82) is 0 Å². The van der Waals surface area contributed by atoms with Gasteiger partial charge in [0, 0.05) is 6.04 Å². The fourth-order valence-electron chi connectivity index (χ4n) is 3.12. The predicted octanol–water partition coefficient (Wildman–Crippen LogP) is 5.35. The van der Waals surface area contributed by atoms with Gasteiger partial charge in [-0.25, -0.2) is 0 Å². The van der Waals surface area contributed by atoms with Gasteiger partial charge in [0.1, 0.15) is 5.75 Å². The number of hydrogen-bond acceptors (Lipinski definition) is 2. The molecule has 0 atom stereocenters. The molecule has 0 radical (unpaired) electrons. The van der Waals surface area contributed by atoms with Crippen LogP contribution in [0.25, 0.3) is 0 Å². The van der Waals surface area contributed by atoms with Crippen molar-refractivity contribution < 1.29 is 4.74 Å². The Bertz CT molecular complexity index is 419. The minimum atomic E-state index is 0.555. The Hall–Kier alpha value is -1.18. The quantitative estimate of drug-likeness (QED) is 0.762. The molecule has 2 heteroatoms. The Morgan fingerprint density at radius 2 is 1.71 bits per heavy atom. The Morgan fingerprint density at radius 1 is 1.05 bits per heavy atom. The van der Waals surface area contributed by atoms with Crippen LogP contribution in [0.2, 0.25) is 0 Å². The zero-order chi connectivity index (χ0) is 15.2. The summed E-state index contributed by atoms with van der Waals surface area (Å²) in [5.41, 5.74) is 1.16. The van der Waals surface area contributed by atoms with Crippen LogP contribution in [0.15, 0.2) is 24.3 Å². The summed E-state index contributed by atoms with van der Waals surface area (Å²) in [5, 5.41) is 3.71. The molecule has 0 amide bonds. The van der Waals surface area contributed by atoms with Crippen LogP contribution in [-0.4, -0.2) is 12.6 Å². The van der Waals surface area contributed by atoms with E-state index in [-0.39, 0.29) is 0 Å². The van der Waals surface area contributed by atoms with Gasteiger partial charge in [-0.3, -0.25) is 0 Å². The van der Waals surface area contributed by atoms with E-state index in [1.54, 1.807) is 0 Å². The van der Waals surface area contributed by atoms with E-state index in [4.69, 9.17) is 4.74 Å². The molecule has 1 aromatic rings. The number of rotatable bonds is 6. The largest absolute Gasteiger partial charge is 0.491 e. The van der Waals surface area contributed by atoms with Crippen molar-refractivity contribution in [2.24, 2.45) is 17.8 Å². The van der Waals surface area contributed by atoms with Gasteiger partial charge in [-0.15, -0.1) is 0 Å². The van der Waals surface area contributed by atoms with Gasteiger partial charge >= 0.3 is 0 Å². The maximum Gasteiger partial charge on any atom is 0.142 e. The second kappa shape index (κ2) is 7.72. The second-order valence-electron chi connectivity index (χ2n) is 7.20. The summed E-state index contributed by atoms with van der Waals surface area (Å²) in [7, 11) is 0. The van der Waals surface area contributed by atoms with Crippen molar-refractivity contribution in [2.75, 3.05) is 11.9 Å². The van der Waals surface area contributed by atoms with E-state index in [2.05, 4.69) is 57.3 Å². The fourth-order valence-corrected chi connectivity index (χ4v) is 3.12. The highest BCUT2D eigenvalue weighted by atomic mass is 16.5. The van der Waals surface area contributed by atoms with Gasteiger partial charge in [0.2, 0.25) is 0 Å². The lowest BCUT2D eigenvalue weighted by atomic mass is 9.79. The van der Waals surface area contributed by atoms with Crippen LogP contribution in [0, 0.1) is 17.8 Å². The second-order valence-corrected chi connectivity index (χ2v) is 7.20. The topological polar surface area (TPSA) is 21.3 Å². The molecule has 0 saturated heterocycles. The Kier molecular flexibility index (Phi) is 5.96. The van der Waals surface area contributed by atoms with Crippen molar-refractivity contribution >= 4 is 5.69 Å². The molecule has 2 rings (SSSR count). The van der Waals surface area contributed by atoms with Crippen LogP contribution in [0.4, 0.5) is 5.69 Å². The molecule has 1 aliphatic rings. The van der Waals surface area contributed by atoms with Crippen molar-refractivity contribution in [3.63, 3.8) is 0 Å². The highest BCUT2D eigenvalue weighted by molar-refractivity contribution is 5.56. The van der Waals surface area contributed by atoms with Crippen LogP contribution >= 0.6 is 0 Å². The maximum atomic E-state index is 5.94. The summed E-state index contributed by atoms with van der Waals surface area (Å²) in [4.78, 5) is 0. The molecule has 0 aromatic heterocycles. The van der Waals surface area contributed by atoms with Gasteiger partial charge in [-0.05, 0) is 55.6 Å². The smallest absolute Gasteiger partial charge is 0.142 e. The van der Waals surface area contributed by atoms with Crippen LogP contribution in [0.1, 0.15) is 53.4 Å². The standard InChI is InChI=1S/C19H31NO/c1-14(2)13-21-19-8-6-5-7-18(19)20-17-11-9-16(10-12-17)15(3)4/h5-8,14-17,20H,9-13H2,1-4H3. The van der Waals surface area contributed by atoms with Crippen LogP contribution in [0.3, 0.4) is 0 Å².